The first-order valence-electron chi connectivity index (χ1n) is 4.70. The number of nitrogens with one attached hydrogen (secondary N) is 3. The molecule has 0 amide bonds. The van der Waals surface area contributed by atoms with Crippen molar-refractivity contribution >= 4 is 11.6 Å². The van der Waals surface area contributed by atoms with Crippen molar-refractivity contribution in [1.82, 2.24) is 5.32 Å². The van der Waals surface area contributed by atoms with Gasteiger partial charge in [-0.1, -0.05) is 12.1 Å². The molecule has 6 heteroatoms. The molecule has 0 aromatic heterocycles. The number of benzene rings is 1. The lowest BCUT2D eigenvalue weighted by molar-refractivity contribution is -0.136. The average Bonchev–Trinajstić information content (AvgIpc) is 2.17. The molecule has 0 unspecified atom stereocenters. The molecule has 3 nitrogen and oxygen atoms in total. The van der Waals surface area contributed by atoms with Crippen molar-refractivity contribution in [3.05, 3.63) is 29.8 Å². The van der Waals surface area contributed by atoms with Gasteiger partial charge >= 0.3 is 6.18 Å². The first-order valence-corrected chi connectivity index (χ1v) is 4.70. The smallest absolute Gasteiger partial charge is 0.357 e. The lowest BCUT2D eigenvalue weighted by Crippen LogP contribution is -2.30. The van der Waals surface area contributed by atoms with Gasteiger partial charge in [-0.3, -0.25) is 5.41 Å². The minimum absolute atomic E-state index is 0.124. The van der Waals surface area contributed by atoms with E-state index in [0.29, 0.717) is 6.54 Å². The molecule has 0 atom stereocenters. The van der Waals surface area contributed by atoms with E-state index >= 15 is 0 Å². The highest BCUT2D eigenvalue weighted by Gasteiger charge is 2.33. The van der Waals surface area contributed by atoms with E-state index in [9.17, 15) is 13.2 Å². The number of para-hydroxylation sites is 1. The molecule has 1 rings (SSSR count). The van der Waals surface area contributed by atoms with E-state index in [1.807, 2.05) is 0 Å². The second-order valence-corrected chi connectivity index (χ2v) is 3.07. The van der Waals surface area contributed by atoms with E-state index in [-0.39, 0.29) is 11.6 Å². The summed E-state index contributed by atoms with van der Waals surface area (Å²) in [6, 6.07) is 5.05. The van der Waals surface area contributed by atoms with Gasteiger partial charge in [-0.2, -0.15) is 13.2 Å². The number of halogens is 3. The summed E-state index contributed by atoms with van der Waals surface area (Å²) in [7, 11) is 0. The van der Waals surface area contributed by atoms with Gasteiger partial charge in [0.1, 0.15) is 0 Å². The van der Waals surface area contributed by atoms with E-state index in [4.69, 9.17) is 5.41 Å². The van der Waals surface area contributed by atoms with Crippen LogP contribution in [0.3, 0.4) is 0 Å². The summed E-state index contributed by atoms with van der Waals surface area (Å²) in [5.74, 6) is -0.154. The molecule has 3 N–H and O–H groups in total. The Bertz CT molecular complexity index is 374. The maximum Gasteiger partial charge on any atom is 0.418 e. The van der Waals surface area contributed by atoms with E-state index < -0.39 is 11.7 Å². The first kappa shape index (κ1) is 12.4. The number of rotatable bonds is 2. The molecule has 0 saturated heterocycles. The third-order valence-electron chi connectivity index (χ3n) is 1.85. The van der Waals surface area contributed by atoms with Crippen molar-refractivity contribution in [3.63, 3.8) is 0 Å². The zero-order valence-corrected chi connectivity index (χ0v) is 8.65. The Morgan fingerprint density at radius 2 is 1.94 bits per heavy atom. The van der Waals surface area contributed by atoms with Crippen molar-refractivity contribution in [1.29, 1.82) is 5.41 Å². The third kappa shape index (κ3) is 3.15. The summed E-state index contributed by atoms with van der Waals surface area (Å²) in [6.07, 6.45) is -4.42. The van der Waals surface area contributed by atoms with Crippen LogP contribution in [0.5, 0.6) is 0 Å². The van der Waals surface area contributed by atoms with Crippen LogP contribution >= 0.6 is 0 Å². The van der Waals surface area contributed by atoms with Crippen LogP contribution in [0.25, 0.3) is 0 Å². The Kier molecular flexibility index (Phi) is 3.76. The molecule has 0 bridgehead atoms. The number of hydrogen-bond donors (Lipinski definition) is 3. The number of anilines is 1. The highest BCUT2D eigenvalue weighted by Crippen LogP contribution is 2.34. The molecule has 1 aromatic rings. The third-order valence-corrected chi connectivity index (χ3v) is 1.85. The number of alkyl halides is 3. The zero-order chi connectivity index (χ0) is 12.2. The van der Waals surface area contributed by atoms with E-state index in [0.717, 1.165) is 6.07 Å². The van der Waals surface area contributed by atoms with Crippen LogP contribution in [0.2, 0.25) is 0 Å². The first-order chi connectivity index (χ1) is 7.45. The quantitative estimate of drug-likeness (QED) is 0.541. The fourth-order valence-electron chi connectivity index (χ4n) is 1.19. The van der Waals surface area contributed by atoms with Crippen LogP contribution in [0.1, 0.15) is 12.5 Å². The van der Waals surface area contributed by atoms with Gasteiger partial charge in [0.2, 0.25) is 0 Å². The molecular weight excluding hydrogens is 219 g/mol. The van der Waals surface area contributed by atoms with Crippen LogP contribution in [0.15, 0.2) is 24.3 Å². The summed E-state index contributed by atoms with van der Waals surface area (Å²) in [5.41, 5.74) is -0.904. The monoisotopic (exact) mass is 231 g/mol. The Morgan fingerprint density at radius 1 is 1.31 bits per heavy atom. The molecule has 0 aliphatic rings. The Morgan fingerprint density at radius 3 is 2.50 bits per heavy atom. The lowest BCUT2D eigenvalue weighted by atomic mass is 10.1. The predicted molar refractivity (Wildman–Crippen MR) is 56.5 cm³/mol. The Balaban J connectivity index is 2.92. The largest absolute Gasteiger partial charge is 0.418 e. The summed E-state index contributed by atoms with van der Waals surface area (Å²) in [4.78, 5) is 0. The molecule has 0 saturated carbocycles. The van der Waals surface area contributed by atoms with Crippen molar-refractivity contribution in [2.24, 2.45) is 0 Å². The van der Waals surface area contributed by atoms with Gasteiger partial charge < -0.3 is 10.6 Å². The predicted octanol–water partition coefficient (Wildman–Crippen LogP) is 2.66. The summed E-state index contributed by atoms with van der Waals surface area (Å²) in [5, 5.41) is 12.3. The summed E-state index contributed by atoms with van der Waals surface area (Å²) < 4.78 is 37.7. The second kappa shape index (κ2) is 4.87. The minimum atomic E-state index is -4.42. The maximum atomic E-state index is 12.6. The summed E-state index contributed by atoms with van der Waals surface area (Å²) >= 11 is 0. The van der Waals surface area contributed by atoms with Gasteiger partial charge in [0.15, 0.2) is 5.96 Å². The molecule has 0 heterocycles. The van der Waals surface area contributed by atoms with Crippen LogP contribution in [-0.2, 0) is 6.18 Å². The van der Waals surface area contributed by atoms with E-state index in [2.05, 4.69) is 10.6 Å². The highest BCUT2D eigenvalue weighted by molar-refractivity contribution is 5.91. The normalized spacial score (nSPS) is 11.0. The van der Waals surface area contributed by atoms with Crippen LogP contribution in [0.4, 0.5) is 18.9 Å². The summed E-state index contributed by atoms with van der Waals surface area (Å²) in [6.45, 7) is 2.23. The van der Waals surface area contributed by atoms with Gasteiger partial charge in [-0.25, -0.2) is 0 Å². The molecule has 0 spiro atoms. The topological polar surface area (TPSA) is 47.9 Å². The standard InChI is InChI=1S/C10H12F3N3/c1-2-15-9(14)16-8-6-4-3-5-7(8)10(11,12)13/h3-6H,2H2,1H3,(H3,14,15,16). The molecule has 16 heavy (non-hydrogen) atoms. The molecule has 0 fully saturated rings. The van der Waals surface area contributed by atoms with Gasteiger partial charge in [-0.05, 0) is 19.1 Å². The fraction of sp³-hybridized carbons (Fsp3) is 0.300. The maximum absolute atomic E-state index is 12.6. The lowest BCUT2D eigenvalue weighted by Gasteiger charge is -2.14. The molecule has 0 aliphatic carbocycles. The van der Waals surface area contributed by atoms with E-state index in [1.165, 1.54) is 18.2 Å². The molecule has 0 aliphatic heterocycles. The Hall–Kier alpha value is -1.72. The second-order valence-electron chi connectivity index (χ2n) is 3.07. The molecule has 88 valence electrons. The van der Waals surface area contributed by atoms with Crippen LogP contribution in [0, 0.1) is 5.41 Å². The Labute approximate surface area is 91.2 Å². The van der Waals surface area contributed by atoms with Gasteiger partial charge in [0, 0.05) is 6.54 Å². The fourth-order valence-corrected chi connectivity index (χ4v) is 1.19. The molecule has 0 radical (unpaired) electrons. The van der Waals surface area contributed by atoms with Crippen LogP contribution in [-0.4, -0.2) is 12.5 Å². The van der Waals surface area contributed by atoms with Gasteiger partial charge in [-0.15, -0.1) is 0 Å². The number of hydrogen-bond acceptors (Lipinski definition) is 1. The number of guanidine groups is 1. The SMILES string of the molecule is CCNC(=N)Nc1ccccc1C(F)(F)F. The van der Waals surface area contributed by atoms with Crippen molar-refractivity contribution in [3.8, 4) is 0 Å². The van der Waals surface area contributed by atoms with Crippen molar-refractivity contribution in [2.45, 2.75) is 13.1 Å². The highest BCUT2D eigenvalue weighted by atomic mass is 19.4. The van der Waals surface area contributed by atoms with Crippen molar-refractivity contribution in [2.75, 3.05) is 11.9 Å². The van der Waals surface area contributed by atoms with Crippen LogP contribution < -0.4 is 10.6 Å². The molecular formula is C10H12F3N3. The van der Waals surface area contributed by atoms with Crippen molar-refractivity contribution < 1.29 is 13.2 Å². The zero-order valence-electron chi connectivity index (χ0n) is 8.65. The van der Waals surface area contributed by atoms with E-state index in [1.54, 1.807) is 6.92 Å². The van der Waals surface area contributed by atoms with Gasteiger partial charge in [0.25, 0.3) is 0 Å². The minimum Gasteiger partial charge on any atom is -0.357 e. The van der Waals surface area contributed by atoms with Gasteiger partial charge in [0.05, 0.1) is 11.3 Å². The average molecular weight is 231 g/mol. The molecule has 1 aromatic carbocycles.